The van der Waals surface area contributed by atoms with Crippen LogP contribution in [-0.4, -0.2) is 21.1 Å². The van der Waals surface area contributed by atoms with Gasteiger partial charge in [0.1, 0.15) is 0 Å². The lowest BCUT2D eigenvalue weighted by atomic mass is 10.0. The molecule has 0 aliphatic carbocycles. The topological polar surface area (TPSA) is 80.9 Å². The molecule has 0 fully saturated rings. The summed E-state index contributed by atoms with van der Waals surface area (Å²) in [5, 5.41) is 10.8. The number of carbonyl (C=O) groups excluding carboxylic acids is 1. The van der Waals surface area contributed by atoms with Gasteiger partial charge in [0.15, 0.2) is 0 Å². The van der Waals surface area contributed by atoms with Crippen molar-refractivity contribution in [2.45, 2.75) is 32.6 Å². The zero-order valence-corrected chi connectivity index (χ0v) is 14.3. The minimum Gasteiger partial charge on any atom is -0.421 e. The molecule has 1 aromatic carbocycles. The van der Waals surface area contributed by atoms with E-state index < -0.39 is 0 Å². The average molecular weight is 336 g/mol. The van der Waals surface area contributed by atoms with Gasteiger partial charge in [0, 0.05) is 30.9 Å². The zero-order chi connectivity index (χ0) is 17.6. The van der Waals surface area contributed by atoms with E-state index in [0.29, 0.717) is 24.1 Å². The molecular formula is C19H20N4O2. The highest BCUT2D eigenvalue weighted by Gasteiger charge is 2.11. The molecule has 2 aromatic heterocycles. The Morgan fingerprint density at radius 2 is 1.96 bits per heavy atom. The van der Waals surface area contributed by atoms with Crippen LogP contribution in [0.3, 0.4) is 0 Å². The first-order valence-electron chi connectivity index (χ1n) is 8.24. The molecule has 3 rings (SSSR count). The highest BCUT2D eigenvalue weighted by molar-refractivity contribution is 5.90. The molecule has 1 N–H and O–H groups in total. The minimum atomic E-state index is -0.0848. The third-order valence-electron chi connectivity index (χ3n) is 3.80. The van der Waals surface area contributed by atoms with Crippen LogP contribution in [0.15, 0.2) is 53.2 Å². The van der Waals surface area contributed by atoms with E-state index in [0.717, 1.165) is 11.3 Å². The van der Waals surface area contributed by atoms with Crippen LogP contribution in [0.4, 0.5) is 5.69 Å². The Kier molecular flexibility index (Phi) is 5.18. The first-order chi connectivity index (χ1) is 12.1. The van der Waals surface area contributed by atoms with Crippen molar-refractivity contribution in [2.75, 3.05) is 5.32 Å². The van der Waals surface area contributed by atoms with Gasteiger partial charge in [-0.3, -0.25) is 9.78 Å². The van der Waals surface area contributed by atoms with Gasteiger partial charge in [-0.15, -0.1) is 10.2 Å². The molecule has 0 aliphatic heterocycles. The van der Waals surface area contributed by atoms with Crippen molar-refractivity contribution >= 4 is 11.6 Å². The standard InChI is InChI=1S/C19H20N4O2/c1-13(2)14-5-7-16(8-6-14)21-17(24)9-10-18-22-23-19(25-18)15-4-3-11-20-12-15/h3-8,11-13H,9-10H2,1-2H3,(H,21,24). The summed E-state index contributed by atoms with van der Waals surface area (Å²) in [5.74, 6) is 1.23. The normalized spacial score (nSPS) is 10.8. The number of nitrogens with zero attached hydrogens (tertiary/aromatic N) is 3. The van der Waals surface area contributed by atoms with Crippen molar-refractivity contribution in [1.82, 2.24) is 15.2 Å². The van der Waals surface area contributed by atoms with Gasteiger partial charge in [-0.2, -0.15) is 0 Å². The molecule has 0 atom stereocenters. The van der Waals surface area contributed by atoms with Crippen LogP contribution in [0.5, 0.6) is 0 Å². The van der Waals surface area contributed by atoms with Crippen molar-refractivity contribution < 1.29 is 9.21 Å². The number of pyridine rings is 1. The van der Waals surface area contributed by atoms with E-state index in [2.05, 4.69) is 34.3 Å². The Bertz CT molecular complexity index is 826. The Labute approximate surface area is 146 Å². The molecule has 6 nitrogen and oxygen atoms in total. The lowest BCUT2D eigenvalue weighted by molar-refractivity contribution is -0.116. The molecule has 128 valence electrons. The maximum absolute atomic E-state index is 12.1. The molecule has 0 bridgehead atoms. The lowest BCUT2D eigenvalue weighted by Crippen LogP contribution is -2.12. The molecule has 25 heavy (non-hydrogen) atoms. The number of hydrogen-bond acceptors (Lipinski definition) is 5. The second kappa shape index (κ2) is 7.70. The van der Waals surface area contributed by atoms with Gasteiger partial charge in [-0.25, -0.2) is 0 Å². The molecule has 1 amide bonds. The van der Waals surface area contributed by atoms with Crippen molar-refractivity contribution in [3.63, 3.8) is 0 Å². The van der Waals surface area contributed by atoms with E-state index >= 15 is 0 Å². The molecule has 0 spiro atoms. The summed E-state index contributed by atoms with van der Waals surface area (Å²) in [6, 6.07) is 11.5. The minimum absolute atomic E-state index is 0.0848. The Hall–Kier alpha value is -3.02. The zero-order valence-electron chi connectivity index (χ0n) is 14.3. The van der Waals surface area contributed by atoms with Gasteiger partial charge >= 0.3 is 0 Å². The van der Waals surface area contributed by atoms with E-state index in [1.54, 1.807) is 18.5 Å². The number of nitrogens with one attached hydrogen (secondary N) is 1. The van der Waals surface area contributed by atoms with E-state index in [1.807, 2.05) is 30.3 Å². The summed E-state index contributed by atoms with van der Waals surface area (Å²) in [7, 11) is 0. The molecule has 0 saturated heterocycles. The quantitative estimate of drug-likeness (QED) is 0.740. The van der Waals surface area contributed by atoms with Crippen molar-refractivity contribution in [3.8, 4) is 11.5 Å². The molecule has 2 heterocycles. The Morgan fingerprint density at radius 1 is 1.16 bits per heavy atom. The maximum Gasteiger partial charge on any atom is 0.249 e. The van der Waals surface area contributed by atoms with Gasteiger partial charge in [0.25, 0.3) is 0 Å². The monoisotopic (exact) mass is 336 g/mol. The van der Waals surface area contributed by atoms with Crippen LogP contribution in [0.2, 0.25) is 0 Å². The largest absolute Gasteiger partial charge is 0.421 e. The molecule has 6 heteroatoms. The van der Waals surface area contributed by atoms with Crippen LogP contribution in [0.25, 0.3) is 11.5 Å². The SMILES string of the molecule is CC(C)c1ccc(NC(=O)CCc2nnc(-c3cccnc3)o2)cc1. The van der Waals surface area contributed by atoms with Crippen molar-refractivity contribution in [3.05, 3.63) is 60.2 Å². The Morgan fingerprint density at radius 3 is 2.64 bits per heavy atom. The second-order valence-electron chi connectivity index (χ2n) is 6.07. The van der Waals surface area contributed by atoms with Gasteiger partial charge in [0.2, 0.25) is 17.7 Å². The molecule has 0 saturated carbocycles. The summed E-state index contributed by atoms with van der Waals surface area (Å²) in [6.45, 7) is 4.27. The predicted octanol–water partition coefficient (Wildman–Crippen LogP) is 3.83. The van der Waals surface area contributed by atoms with E-state index in [1.165, 1.54) is 5.56 Å². The first-order valence-corrected chi connectivity index (χ1v) is 8.24. The number of aryl methyl sites for hydroxylation is 1. The van der Waals surface area contributed by atoms with Gasteiger partial charge in [-0.1, -0.05) is 26.0 Å². The average Bonchev–Trinajstić information content (AvgIpc) is 3.10. The summed E-state index contributed by atoms with van der Waals surface area (Å²) >= 11 is 0. The number of aromatic nitrogens is 3. The number of hydrogen-bond donors (Lipinski definition) is 1. The summed E-state index contributed by atoms with van der Waals surface area (Å²) < 4.78 is 5.57. The number of benzene rings is 1. The summed E-state index contributed by atoms with van der Waals surface area (Å²) in [5.41, 5.74) is 2.79. The number of carbonyl (C=O) groups is 1. The smallest absolute Gasteiger partial charge is 0.249 e. The molecule has 0 aliphatic rings. The van der Waals surface area contributed by atoms with Gasteiger partial charge in [0.05, 0.1) is 5.56 Å². The molecular weight excluding hydrogens is 316 g/mol. The predicted molar refractivity (Wildman–Crippen MR) is 95.0 cm³/mol. The third-order valence-corrected chi connectivity index (χ3v) is 3.80. The summed E-state index contributed by atoms with van der Waals surface area (Å²) in [6.07, 6.45) is 4.01. The van der Waals surface area contributed by atoms with Gasteiger partial charge in [-0.05, 0) is 35.7 Å². The molecule has 0 unspecified atom stereocenters. The van der Waals surface area contributed by atoms with Crippen LogP contribution >= 0.6 is 0 Å². The van der Waals surface area contributed by atoms with E-state index in [4.69, 9.17) is 4.42 Å². The number of amides is 1. The van der Waals surface area contributed by atoms with Crippen LogP contribution in [0, 0.1) is 0 Å². The fraction of sp³-hybridized carbons (Fsp3) is 0.263. The van der Waals surface area contributed by atoms with Crippen LogP contribution in [-0.2, 0) is 11.2 Å². The van der Waals surface area contributed by atoms with E-state index in [-0.39, 0.29) is 12.3 Å². The highest BCUT2D eigenvalue weighted by atomic mass is 16.4. The van der Waals surface area contributed by atoms with Crippen LogP contribution < -0.4 is 5.32 Å². The fourth-order valence-corrected chi connectivity index (χ4v) is 2.36. The maximum atomic E-state index is 12.1. The van der Waals surface area contributed by atoms with Crippen LogP contribution in [0.1, 0.15) is 37.6 Å². The lowest BCUT2D eigenvalue weighted by Gasteiger charge is -2.08. The number of anilines is 1. The molecule has 3 aromatic rings. The third kappa shape index (κ3) is 4.50. The van der Waals surface area contributed by atoms with Crippen molar-refractivity contribution in [1.29, 1.82) is 0 Å². The molecule has 0 radical (unpaired) electrons. The second-order valence-corrected chi connectivity index (χ2v) is 6.07. The highest BCUT2D eigenvalue weighted by Crippen LogP contribution is 2.18. The van der Waals surface area contributed by atoms with Crippen molar-refractivity contribution in [2.24, 2.45) is 0 Å². The number of rotatable bonds is 6. The van der Waals surface area contributed by atoms with Gasteiger partial charge < -0.3 is 9.73 Å². The van der Waals surface area contributed by atoms with E-state index in [9.17, 15) is 4.79 Å². The Balaban J connectivity index is 1.53. The first kappa shape index (κ1) is 16.8. The summed E-state index contributed by atoms with van der Waals surface area (Å²) in [4.78, 5) is 16.1. The fourth-order valence-electron chi connectivity index (χ4n) is 2.36.